The van der Waals surface area contributed by atoms with Crippen molar-refractivity contribution in [2.24, 2.45) is 0 Å². The third-order valence-electron chi connectivity index (χ3n) is 4.28. The molecule has 1 saturated heterocycles. The van der Waals surface area contributed by atoms with Gasteiger partial charge in [-0.15, -0.1) is 0 Å². The molecule has 122 valence electrons. The predicted molar refractivity (Wildman–Crippen MR) is 91.9 cm³/mol. The number of likely N-dealkylation sites (N-methyl/N-ethyl adjacent to an activating group) is 1. The number of nitrogens with zero attached hydrogens (tertiary/aromatic N) is 6. The highest BCUT2D eigenvalue weighted by Gasteiger charge is 2.26. The Kier molecular flexibility index (Phi) is 4.41. The van der Waals surface area contributed by atoms with Gasteiger partial charge in [-0.2, -0.15) is 0 Å². The summed E-state index contributed by atoms with van der Waals surface area (Å²) >= 11 is 0. The van der Waals surface area contributed by atoms with Crippen LogP contribution in [0.5, 0.6) is 0 Å². The van der Waals surface area contributed by atoms with Gasteiger partial charge in [-0.05, 0) is 45.2 Å². The Morgan fingerprint density at radius 1 is 1.09 bits per heavy atom. The summed E-state index contributed by atoms with van der Waals surface area (Å²) in [6.07, 6.45) is 5.99. The van der Waals surface area contributed by atoms with Crippen LogP contribution in [0.15, 0.2) is 18.5 Å². The van der Waals surface area contributed by atoms with Gasteiger partial charge < -0.3 is 9.80 Å². The van der Waals surface area contributed by atoms with Gasteiger partial charge in [-0.1, -0.05) is 0 Å². The first-order valence-corrected chi connectivity index (χ1v) is 8.11. The molecule has 0 N–H and O–H groups in total. The Balaban J connectivity index is 1.76. The number of hydrogen-bond donors (Lipinski definition) is 0. The molecule has 0 radical (unpaired) electrons. The first-order chi connectivity index (χ1) is 11.0. The number of piperidine rings is 1. The number of rotatable bonds is 3. The van der Waals surface area contributed by atoms with Crippen molar-refractivity contribution < 1.29 is 0 Å². The van der Waals surface area contributed by atoms with Gasteiger partial charge in [0, 0.05) is 50.0 Å². The van der Waals surface area contributed by atoms with Gasteiger partial charge in [-0.3, -0.25) is 0 Å². The highest BCUT2D eigenvalue weighted by Crippen LogP contribution is 2.21. The van der Waals surface area contributed by atoms with Crippen molar-refractivity contribution in [3.8, 4) is 0 Å². The average Bonchev–Trinajstić information content (AvgIpc) is 2.54. The molecule has 23 heavy (non-hydrogen) atoms. The van der Waals surface area contributed by atoms with E-state index in [-0.39, 0.29) is 0 Å². The quantitative estimate of drug-likeness (QED) is 0.867. The van der Waals surface area contributed by atoms with Crippen LogP contribution >= 0.6 is 0 Å². The van der Waals surface area contributed by atoms with Crippen molar-refractivity contribution in [3.05, 3.63) is 35.4 Å². The van der Waals surface area contributed by atoms with E-state index in [1.54, 1.807) is 0 Å². The van der Waals surface area contributed by atoms with Crippen LogP contribution < -0.4 is 9.80 Å². The van der Waals surface area contributed by atoms with Crippen LogP contribution in [0.4, 0.5) is 11.9 Å². The fraction of sp³-hybridized carbons (Fsp3) is 0.529. The summed E-state index contributed by atoms with van der Waals surface area (Å²) in [4.78, 5) is 22.5. The zero-order chi connectivity index (χ0) is 16.4. The maximum Gasteiger partial charge on any atom is 0.225 e. The first kappa shape index (κ1) is 15.6. The second kappa shape index (κ2) is 6.48. The molecule has 0 amide bonds. The van der Waals surface area contributed by atoms with E-state index in [9.17, 15) is 0 Å². The van der Waals surface area contributed by atoms with E-state index in [0.29, 0.717) is 6.04 Å². The summed E-state index contributed by atoms with van der Waals surface area (Å²) in [5.74, 6) is 1.62. The third-order valence-corrected chi connectivity index (χ3v) is 4.28. The first-order valence-electron chi connectivity index (χ1n) is 8.11. The van der Waals surface area contributed by atoms with Crippen molar-refractivity contribution in [2.75, 3.05) is 29.9 Å². The van der Waals surface area contributed by atoms with E-state index in [1.807, 2.05) is 39.2 Å². The third kappa shape index (κ3) is 3.57. The standard InChI is InChI=1S/C17H24N6/c1-12-9-18-16(19-10-12)22(4)15-6-5-7-23(11-15)17-20-13(2)8-14(3)21-17/h8-10,15H,5-7,11H2,1-4H3. The molecule has 3 heterocycles. The minimum atomic E-state index is 0.371. The molecule has 0 spiro atoms. The lowest BCUT2D eigenvalue weighted by atomic mass is 10.1. The number of anilines is 2. The van der Waals surface area contributed by atoms with Crippen LogP contribution in [0.1, 0.15) is 29.8 Å². The van der Waals surface area contributed by atoms with E-state index in [1.165, 1.54) is 0 Å². The van der Waals surface area contributed by atoms with Crippen LogP contribution in [0.25, 0.3) is 0 Å². The largest absolute Gasteiger partial charge is 0.339 e. The molecule has 0 saturated carbocycles. The van der Waals surface area contributed by atoms with Crippen LogP contribution in [0.3, 0.4) is 0 Å². The molecule has 2 aromatic heterocycles. The highest BCUT2D eigenvalue weighted by atomic mass is 15.3. The van der Waals surface area contributed by atoms with E-state index >= 15 is 0 Å². The van der Waals surface area contributed by atoms with E-state index in [2.05, 4.69) is 36.8 Å². The molecule has 2 aromatic rings. The van der Waals surface area contributed by atoms with E-state index < -0.39 is 0 Å². The number of hydrogen-bond acceptors (Lipinski definition) is 6. The summed E-state index contributed by atoms with van der Waals surface area (Å²) in [6.45, 7) is 7.94. The van der Waals surface area contributed by atoms with E-state index in [4.69, 9.17) is 0 Å². The normalized spacial score (nSPS) is 18.1. The topological polar surface area (TPSA) is 58.0 Å². The summed E-state index contributed by atoms with van der Waals surface area (Å²) in [5.41, 5.74) is 3.12. The van der Waals surface area contributed by atoms with Crippen molar-refractivity contribution in [1.29, 1.82) is 0 Å². The zero-order valence-electron chi connectivity index (χ0n) is 14.3. The molecule has 3 rings (SSSR count). The zero-order valence-corrected chi connectivity index (χ0v) is 14.3. The highest BCUT2D eigenvalue weighted by molar-refractivity contribution is 5.37. The van der Waals surface area contributed by atoms with Gasteiger partial charge in [0.25, 0.3) is 0 Å². The van der Waals surface area contributed by atoms with Crippen LogP contribution in [-0.4, -0.2) is 46.1 Å². The molecule has 0 bridgehead atoms. The average molecular weight is 312 g/mol. The molecular formula is C17H24N6. The van der Waals surface area contributed by atoms with Crippen LogP contribution in [0.2, 0.25) is 0 Å². The Hall–Kier alpha value is -2.24. The molecule has 6 heteroatoms. The number of aromatic nitrogens is 4. The minimum Gasteiger partial charge on any atom is -0.339 e. The Bertz CT molecular complexity index is 649. The maximum atomic E-state index is 4.60. The van der Waals surface area contributed by atoms with Crippen molar-refractivity contribution in [2.45, 2.75) is 39.7 Å². The van der Waals surface area contributed by atoms with E-state index in [0.717, 1.165) is 54.8 Å². The lowest BCUT2D eigenvalue weighted by molar-refractivity contribution is 0.477. The van der Waals surface area contributed by atoms with Crippen LogP contribution in [0, 0.1) is 20.8 Å². The summed E-state index contributed by atoms with van der Waals surface area (Å²) in [6, 6.07) is 2.38. The van der Waals surface area contributed by atoms with Crippen molar-refractivity contribution in [3.63, 3.8) is 0 Å². The van der Waals surface area contributed by atoms with Gasteiger partial charge in [0.2, 0.25) is 11.9 Å². The van der Waals surface area contributed by atoms with Crippen LogP contribution in [-0.2, 0) is 0 Å². The minimum absolute atomic E-state index is 0.371. The Labute approximate surface area is 137 Å². The van der Waals surface area contributed by atoms with Crippen molar-refractivity contribution in [1.82, 2.24) is 19.9 Å². The molecule has 6 nitrogen and oxygen atoms in total. The molecule has 1 atom stereocenters. The number of aryl methyl sites for hydroxylation is 3. The lowest BCUT2D eigenvalue weighted by Gasteiger charge is -2.37. The second-order valence-electron chi connectivity index (χ2n) is 6.36. The van der Waals surface area contributed by atoms with Gasteiger partial charge in [-0.25, -0.2) is 19.9 Å². The molecular weight excluding hydrogens is 288 g/mol. The Morgan fingerprint density at radius 2 is 1.74 bits per heavy atom. The molecule has 0 aromatic carbocycles. The molecule has 1 aliphatic rings. The van der Waals surface area contributed by atoms with Gasteiger partial charge in [0.15, 0.2) is 0 Å². The maximum absolute atomic E-state index is 4.60. The fourth-order valence-corrected chi connectivity index (χ4v) is 3.03. The fourth-order valence-electron chi connectivity index (χ4n) is 3.03. The molecule has 1 fully saturated rings. The molecule has 1 unspecified atom stereocenters. The smallest absolute Gasteiger partial charge is 0.225 e. The second-order valence-corrected chi connectivity index (χ2v) is 6.36. The van der Waals surface area contributed by atoms with Gasteiger partial charge in [0.1, 0.15) is 0 Å². The monoisotopic (exact) mass is 312 g/mol. The predicted octanol–water partition coefficient (Wildman–Crippen LogP) is 2.30. The van der Waals surface area contributed by atoms with Gasteiger partial charge in [0.05, 0.1) is 0 Å². The molecule has 1 aliphatic heterocycles. The SMILES string of the molecule is Cc1cnc(N(C)C2CCCN(c3nc(C)cc(C)n3)C2)nc1. The van der Waals surface area contributed by atoms with Crippen molar-refractivity contribution >= 4 is 11.9 Å². The Morgan fingerprint density at radius 3 is 2.39 bits per heavy atom. The summed E-state index contributed by atoms with van der Waals surface area (Å²) in [5, 5.41) is 0. The summed E-state index contributed by atoms with van der Waals surface area (Å²) in [7, 11) is 2.07. The summed E-state index contributed by atoms with van der Waals surface area (Å²) < 4.78 is 0. The van der Waals surface area contributed by atoms with Gasteiger partial charge >= 0.3 is 0 Å². The lowest BCUT2D eigenvalue weighted by Crippen LogP contribution is -2.47. The molecule has 0 aliphatic carbocycles.